The number of halogens is 1. The maximum Gasteiger partial charge on any atom is 0.273 e. The number of piperidine rings is 1. The molecule has 1 aliphatic heterocycles. The number of sulfonamides is 1. The van der Waals surface area contributed by atoms with Crippen molar-refractivity contribution in [2.45, 2.75) is 36.7 Å². The highest BCUT2D eigenvalue weighted by atomic mass is 35.5. The van der Waals surface area contributed by atoms with Crippen LogP contribution in [-0.4, -0.2) is 39.1 Å². The molecule has 1 heterocycles. The number of rotatable bonds is 5. The highest BCUT2D eigenvalue weighted by molar-refractivity contribution is 7.89. The minimum absolute atomic E-state index is 0. The van der Waals surface area contributed by atoms with Crippen LogP contribution in [0, 0.1) is 10.1 Å². The van der Waals surface area contributed by atoms with Crippen LogP contribution in [0.25, 0.3) is 0 Å². The van der Waals surface area contributed by atoms with Gasteiger partial charge in [-0.15, -0.1) is 12.4 Å². The highest BCUT2D eigenvalue weighted by Gasteiger charge is 2.29. The smallest absolute Gasteiger partial charge is 0.273 e. The Morgan fingerprint density at radius 3 is 2.70 bits per heavy atom. The monoisotopic (exact) mass is 365 g/mol. The minimum atomic E-state index is -3.82. The van der Waals surface area contributed by atoms with Crippen LogP contribution in [0.5, 0.6) is 5.75 Å². The summed E-state index contributed by atoms with van der Waals surface area (Å²) in [5.74, 6) is -0.0434. The molecule has 1 fully saturated rings. The molecule has 23 heavy (non-hydrogen) atoms. The first kappa shape index (κ1) is 19.6. The number of nitro groups is 1. The van der Waals surface area contributed by atoms with E-state index in [0.29, 0.717) is 0 Å². The zero-order valence-corrected chi connectivity index (χ0v) is 14.4. The predicted molar refractivity (Wildman–Crippen MR) is 87.7 cm³/mol. The first-order chi connectivity index (χ1) is 10.3. The van der Waals surface area contributed by atoms with Crippen LogP contribution in [-0.2, 0) is 10.0 Å². The van der Waals surface area contributed by atoms with E-state index in [0.717, 1.165) is 31.5 Å². The van der Waals surface area contributed by atoms with Crippen molar-refractivity contribution in [3.63, 3.8) is 0 Å². The molecule has 2 atom stereocenters. The van der Waals surface area contributed by atoms with Crippen LogP contribution in [0.1, 0.15) is 19.8 Å². The lowest BCUT2D eigenvalue weighted by molar-refractivity contribution is -0.385. The minimum Gasteiger partial charge on any atom is -0.495 e. The number of nitrogens with one attached hydrogen (secondary N) is 2. The summed E-state index contributed by atoms with van der Waals surface area (Å²) in [6.07, 6.45) is 1.62. The Balaban J connectivity index is 0.00000264. The Kier molecular flexibility index (Phi) is 6.75. The molecule has 0 aliphatic carbocycles. The molecule has 2 rings (SSSR count). The number of nitrogens with zero attached hydrogens (tertiary/aromatic N) is 1. The Hall–Kier alpha value is -1.42. The van der Waals surface area contributed by atoms with Crippen molar-refractivity contribution < 1.29 is 18.1 Å². The number of nitro benzene ring substituents is 1. The fourth-order valence-electron chi connectivity index (χ4n) is 2.46. The number of hydrogen-bond donors (Lipinski definition) is 2. The van der Waals surface area contributed by atoms with Gasteiger partial charge in [0.2, 0.25) is 10.0 Å². The summed E-state index contributed by atoms with van der Waals surface area (Å²) in [6, 6.07) is 3.25. The molecule has 0 amide bonds. The van der Waals surface area contributed by atoms with Crippen molar-refractivity contribution in [2.24, 2.45) is 0 Å². The van der Waals surface area contributed by atoms with Crippen LogP contribution in [0.4, 0.5) is 5.69 Å². The van der Waals surface area contributed by atoms with Gasteiger partial charge in [0, 0.05) is 18.2 Å². The molecule has 0 bridgehead atoms. The second kappa shape index (κ2) is 7.91. The van der Waals surface area contributed by atoms with Crippen LogP contribution < -0.4 is 14.8 Å². The predicted octanol–water partition coefficient (Wildman–Crippen LogP) is 1.44. The van der Waals surface area contributed by atoms with E-state index in [1.165, 1.54) is 13.2 Å². The summed E-state index contributed by atoms with van der Waals surface area (Å²) in [7, 11) is -2.54. The fraction of sp³-hybridized carbons (Fsp3) is 0.538. The quantitative estimate of drug-likeness (QED) is 0.603. The van der Waals surface area contributed by atoms with Gasteiger partial charge < -0.3 is 10.1 Å². The largest absolute Gasteiger partial charge is 0.495 e. The molecule has 10 heteroatoms. The first-order valence-electron chi connectivity index (χ1n) is 6.93. The SMILES string of the molecule is COc1cc([N+](=O)[O-])ccc1S(=O)(=O)NC1CCCNC1C.Cl. The van der Waals surface area contributed by atoms with Crippen LogP contribution >= 0.6 is 12.4 Å². The highest BCUT2D eigenvalue weighted by Crippen LogP contribution is 2.28. The van der Waals surface area contributed by atoms with Crippen LogP contribution in [0.2, 0.25) is 0 Å². The summed E-state index contributed by atoms with van der Waals surface area (Å²) in [6.45, 7) is 2.78. The Morgan fingerprint density at radius 1 is 1.43 bits per heavy atom. The van der Waals surface area contributed by atoms with Crippen molar-refractivity contribution in [3.8, 4) is 5.75 Å². The molecule has 1 saturated heterocycles. The normalized spacial score (nSPS) is 21.3. The van der Waals surface area contributed by atoms with Gasteiger partial charge in [-0.3, -0.25) is 10.1 Å². The fourth-order valence-corrected chi connectivity index (χ4v) is 3.96. The summed E-state index contributed by atoms with van der Waals surface area (Å²) >= 11 is 0. The Bertz CT molecular complexity index is 668. The summed E-state index contributed by atoms with van der Waals surface area (Å²) in [5.41, 5.74) is -0.219. The molecule has 1 aromatic rings. The topological polar surface area (TPSA) is 111 Å². The summed E-state index contributed by atoms with van der Waals surface area (Å²) in [5, 5.41) is 14.0. The van der Waals surface area contributed by atoms with E-state index in [9.17, 15) is 18.5 Å². The van der Waals surface area contributed by atoms with Crippen LogP contribution in [0.3, 0.4) is 0 Å². The standard InChI is InChI=1S/C13H19N3O5S.ClH/c1-9-11(4-3-7-14-9)15-22(19,20)13-6-5-10(16(17)18)8-12(13)21-2;/h5-6,8-9,11,14-15H,3-4,7H2,1-2H3;1H. The maximum atomic E-state index is 12.5. The molecule has 0 saturated carbocycles. The molecule has 1 aromatic carbocycles. The lowest BCUT2D eigenvalue weighted by Crippen LogP contribution is -2.51. The lowest BCUT2D eigenvalue weighted by atomic mass is 10.0. The van der Waals surface area contributed by atoms with E-state index in [-0.39, 0.29) is 40.8 Å². The van der Waals surface area contributed by atoms with Gasteiger partial charge in [0.15, 0.2) is 0 Å². The third-order valence-electron chi connectivity index (χ3n) is 3.72. The molecule has 0 radical (unpaired) electrons. The third kappa shape index (κ3) is 4.54. The van der Waals surface area contributed by atoms with E-state index in [1.54, 1.807) is 0 Å². The van der Waals surface area contributed by atoms with Crippen molar-refractivity contribution in [1.29, 1.82) is 0 Å². The molecular weight excluding hydrogens is 346 g/mol. The van der Waals surface area contributed by atoms with E-state index in [1.807, 2.05) is 6.92 Å². The van der Waals surface area contributed by atoms with Crippen molar-refractivity contribution in [3.05, 3.63) is 28.3 Å². The first-order valence-corrected chi connectivity index (χ1v) is 8.41. The number of hydrogen-bond acceptors (Lipinski definition) is 6. The summed E-state index contributed by atoms with van der Waals surface area (Å²) < 4.78 is 32.7. The van der Waals surface area contributed by atoms with Gasteiger partial charge >= 0.3 is 0 Å². The molecule has 2 N–H and O–H groups in total. The van der Waals surface area contributed by atoms with E-state index >= 15 is 0 Å². The van der Waals surface area contributed by atoms with Gasteiger partial charge in [-0.2, -0.15) is 0 Å². The van der Waals surface area contributed by atoms with Crippen molar-refractivity contribution >= 4 is 28.1 Å². The third-order valence-corrected chi connectivity index (χ3v) is 5.25. The van der Waals surface area contributed by atoms with Crippen molar-refractivity contribution in [1.82, 2.24) is 10.0 Å². The second-order valence-electron chi connectivity index (χ2n) is 5.21. The molecule has 0 aromatic heterocycles. The number of ether oxygens (including phenoxy) is 1. The van der Waals surface area contributed by atoms with Gasteiger partial charge in [-0.25, -0.2) is 13.1 Å². The maximum absolute atomic E-state index is 12.5. The number of methoxy groups -OCH3 is 1. The zero-order valence-electron chi connectivity index (χ0n) is 12.8. The molecule has 1 aliphatic rings. The van der Waals surface area contributed by atoms with E-state index in [4.69, 9.17) is 4.74 Å². The summed E-state index contributed by atoms with van der Waals surface area (Å²) in [4.78, 5) is 10.1. The van der Waals surface area contributed by atoms with E-state index < -0.39 is 14.9 Å². The van der Waals surface area contributed by atoms with Gasteiger partial charge in [0.05, 0.1) is 18.1 Å². The molecule has 2 unspecified atom stereocenters. The second-order valence-corrected chi connectivity index (χ2v) is 6.89. The molecular formula is C13H20ClN3O5S. The molecule has 130 valence electrons. The van der Waals surface area contributed by atoms with Gasteiger partial charge in [0.25, 0.3) is 5.69 Å². The number of benzene rings is 1. The van der Waals surface area contributed by atoms with Gasteiger partial charge in [-0.1, -0.05) is 0 Å². The average Bonchev–Trinajstić information content (AvgIpc) is 2.48. The number of non-ortho nitro benzene ring substituents is 1. The van der Waals surface area contributed by atoms with E-state index in [2.05, 4.69) is 10.0 Å². The molecule has 8 nitrogen and oxygen atoms in total. The van der Waals surface area contributed by atoms with Gasteiger partial charge in [0.1, 0.15) is 10.6 Å². The molecule has 0 spiro atoms. The Morgan fingerprint density at radius 2 is 2.13 bits per heavy atom. The average molecular weight is 366 g/mol. The Labute approximate surface area is 141 Å². The van der Waals surface area contributed by atoms with Crippen LogP contribution in [0.15, 0.2) is 23.1 Å². The van der Waals surface area contributed by atoms with Crippen molar-refractivity contribution in [2.75, 3.05) is 13.7 Å². The lowest BCUT2D eigenvalue weighted by Gasteiger charge is -2.30. The zero-order chi connectivity index (χ0) is 16.3. The van der Waals surface area contributed by atoms with Gasteiger partial charge in [-0.05, 0) is 32.4 Å².